The van der Waals surface area contributed by atoms with E-state index in [-0.39, 0.29) is 43.3 Å². The normalized spacial score (nSPS) is 40.2. The molecule has 4 unspecified atom stereocenters. The van der Waals surface area contributed by atoms with Gasteiger partial charge in [0.1, 0.15) is 24.4 Å². The van der Waals surface area contributed by atoms with Gasteiger partial charge in [-0.05, 0) is 57.4 Å². The molecule has 1 heterocycles. The number of esters is 2. The van der Waals surface area contributed by atoms with Crippen LogP contribution >= 0.6 is 0 Å². The van der Waals surface area contributed by atoms with E-state index < -0.39 is 72.0 Å². The van der Waals surface area contributed by atoms with E-state index in [2.05, 4.69) is 12.7 Å². The van der Waals surface area contributed by atoms with Crippen molar-refractivity contribution in [3.05, 3.63) is 35.5 Å². The Labute approximate surface area is 284 Å². The number of hydrogen-bond donors (Lipinski definition) is 4. The predicted octanol–water partition coefficient (Wildman–Crippen LogP) is 2.61. The quantitative estimate of drug-likeness (QED) is 0.176. The molecule has 1 saturated heterocycles. The number of ether oxygens (including phenoxy) is 6. The fraction of sp³-hybridized carbons (Fsp3) is 0.778. The number of hydrogen-bond acceptors (Lipinski definition) is 12. The van der Waals surface area contributed by atoms with Crippen molar-refractivity contribution in [2.45, 2.75) is 122 Å². The van der Waals surface area contributed by atoms with E-state index in [1.807, 2.05) is 20.8 Å². The number of aliphatic hydroxyl groups excluding tert-OH is 4. The summed E-state index contributed by atoms with van der Waals surface area (Å²) in [5, 5.41) is 46.7. The second-order valence-corrected chi connectivity index (χ2v) is 14.7. The first-order chi connectivity index (χ1) is 22.4. The zero-order valence-electron chi connectivity index (χ0n) is 29.6. The van der Waals surface area contributed by atoms with E-state index in [0.29, 0.717) is 12.2 Å². The molecular formula is C36H56O12. The summed E-state index contributed by atoms with van der Waals surface area (Å²) in [5.41, 5.74) is 0.746. The third-order valence-corrected chi connectivity index (χ3v) is 10.8. The lowest BCUT2D eigenvalue weighted by Crippen LogP contribution is -2.62. The molecule has 0 aromatic rings. The van der Waals surface area contributed by atoms with Crippen molar-refractivity contribution < 1.29 is 58.4 Å². The molecule has 48 heavy (non-hydrogen) atoms. The van der Waals surface area contributed by atoms with E-state index in [9.17, 15) is 30.0 Å². The van der Waals surface area contributed by atoms with Gasteiger partial charge in [0.2, 0.25) is 0 Å². The average molecular weight is 681 g/mol. The number of aliphatic hydroxyl groups is 4. The summed E-state index contributed by atoms with van der Waals surface area (Å²) in [6.45, 7) is 16.0. The minimum atomic E-state index is -1.63. The first-order valence-electron chi connectivity index (χ1n) is 17.0. The fourth-order valence-corrected chi connectivity index (χ4v) is 7.88. The summed E-state index contributed by atoms with van der Waals surface area (Å²) in [6.07, 6.45) is -4.54. The summed E-state index contributed by atoms with van der Waals surface area (Å²) >= 11 is 0. The lowest BCUT2D eigenvalue weighted by Gasteiger charge is -2.47. The van der Waals surface area contributed by atoms with Crippen LogP contribution in [-0.2, 0) is 38.0 Å². The Morgan fingerprint density at radius 2 is 1.79 bits per heavy atom. The second-order valence-electron chi connectivity index (χ2n) is 14.7. The zero-order chi connectivity index (χ0) is 35.7. The second kappa shape index (κ2) is 15.4. The molecule has 13 atom stereocenters. The Morgan fingerprint density at radius 1 is 1.10 bits per heavy atom. The Morgan fingerprint density at radius 3 is 2.40 bits per heavy atom. The van der Waals surface area contributed by atoms with Gasteiger partial charge in [-0.15, -0.1) is 6.58 Å². The first kappa shape index (κ1) is 38.6. The molecule has 0 aromatic carbocycles. The SMILES string of the molecule is C=CC(C)(C)OCC1O[C@H](O[C@@H]2C3=C([C@H](C)COC(C)=O)C[C@H](O)[C@]3(C)/C=C3/[C@@H](COC)CC[C@H]3[C@@H](C)[C@H]2O)C(O)C(OC(C)=O)C1O. The van der Waals surface area contributed by atoms with Crippen molar-refractivity contribution in [2.24, 2.45) is 29.1 Å². The molecule has 2 fully saturated rings. The molecular weight excluding hydrogens is 624 g/mol. The monoisotopic (exact) mass is 680 g/mol. The molecule has 12 nitrogen and oxygen atoms in total. The van der Waals surface area contributed by atoms with Crippen LogP contribution in [0.25, 0.3) is 0 Å². The summed E-state index contributed by atoms with van der Waals surface area (Å²) in [5.74, 6) is -1.70. The van der Waals surface area contributed by atoms with E-state index in [0.717, 1.165) is 24.0 Å². The summed E-state index contributed by atoms with van der Waals surface area (Å²) in [6, 6.07) is 0. The molecule has 0 radical (unpaired) electrons. The Balaban J connectivity index is 1.82. The Hall–Kier alpha value is -2.16. The predicted molar refractivity (Wildman–Crippen MR) is 174 cm³/mol. The van der Waals surface area contributed by atoms with Crippen molar-refractivity contribution >= 4 is 11.9 Å². The zero-order valence-corrected chi connectivity index (χ0v) is 29.6. The van der Waals surface area contributed by atoms with Crippen molar-refractivity contribution in [2.75, 3.05) is 26.9 Å². The highest BCUT2D eigenvalue weighted by Gasteiger charge is 2.56. The molecule has 4 N–H and O–H groups in total. The maximum atomic E-state index is 12.3. The van der Waals surface area contributed by atoms with Crippen LogP contribution in [0, 0.1) is 29.1 Å². The van der Waals surface area contributed by atoms with Crippen molar-refractivity contribution in [1.82, 2.24) is 0 Å². The van der Waals surface area contributed by atoms with Gasteiger partial charge in [0, 0.05) is 38.2 Å². The van der Waals surface area contributed by atoms with E-state index in [1.54, 1.807) is 27.0 Å². The van der Waals surface area contributed by atoms with Gasteiger partial charge in [-0.1, -0.05) is 37.1 Å². The molecule has 0 spiro atoms. The molecule has 0 aromatic heterocycles. The van der Waals surface area contributed by atoms with Crippen LogP contribution in [-0.4, -0.2) is 114 Å². The third kappa shape index (κ3) is 7.91. The van der Waals surface area contributed by atoms with Crippen molar-refractivity contribution in [1.29, 1.82) is 0 Å². The van der Waals surface area contributed by atoms with Gasteiger partial charge < -0.3 is 48.8 Å². The molecule has 0 bridgehead atoms. The largest absolute Gasteiger partial charge is 0.465 e. The highest BCUT2D eigenvalue weighted by molar-refractivity contribution is 5.66. The lowest BCUT2D eigenvalue weighted by atomic mass is 9.68. The van der Waals surface area contributed by atoms with Gasteiger partial charge in [-0.3, -0.25) is 9.59 Å². The van der Waals surface area contributed by atoms with Gasteiger partial charge in [0.25, 0.3) is 0 Å². The van der Waals surface area contributed by atoms with Gasteiger partial charge in [0.05, 0.1) is 37.6 Å². The highest BCUT2D eigenvalue weighted by Crippen LogP contribution is 2.56. The first-order valence-corrected chi connectivity index (χ1v) is 17.0. The molecule has 1 aliphatic heterocycles. The minimum absolute atomic E-state index is 0.0190. The number of fused-ring (bicyclic) bond motifs is 2. The summed E-state index contributed by atoms with van der Waals surface area (Å²) in [4.78, 5) is 23.8. The standard InChI is InChI=1S/C36H56O12/c1-10-35(6,7)45-17-26-30(41)33(46-21(5)38)31(42)34(47-26)48-32-28-24(18(2)15-44-20(4)37)13-27(39)36(28,8)14-25-22(16-43-9)11-12-23(25)19(3)29(32)40/h10,14,18-19,22-23,26-27,29-34,39-42H,1,11-13,15-17H2,2-9H3/b25-14-/t18-,19-,22-,23+,26?,27+,29-,30?,31?,32-,33?,34-,36+/m1/s1. The molecule has 3 aliphatic carbocycles. The summed E-state index contributed by atoms with van der Waals surface area (Å²) < 4.78 is 35.1. The molecule has 4 aliphatic rings. The summed E-state index contributed by atoms with van der Waals surface area (Å²) in [7, 11) is 1.66. The fourth-order valence-electron chi connectivity index (χ4n) is 7.88. The lowest BCUT2D eigenvalue weighted by molar-refractivity contribution is -0.320. The van der Waals surface area contributed by atoms with Crippen LogP contribution in [0.15, 0.2) is 35.5 Å². The molecule has 12 heteroatoms. The van der Waals surface area contributed by atoms with Crippen LogP contribution < -0.4 is 0 Å². The average Bonchev–Trinajstić information content (AvgIpc) is 3.52. The highest BCUT2D eigenvalue weighted by atomic mass is 16.7. The van der Waals surface area contributed by atoms with E-state index in [4.69, 9.17) is 28.4 Å². The third-order valence-electron chi connectivity index (χ3n) is 10.8. The minimum Gasteiger partial charge on any atom is -0.465 e. The maximum Gasteiger partial charge on any atom is 0.303 e. The number of methoxy groups -OCH3 is 1. The van der Waals surface area contributed by atoms with Crippen LogP contribution in [0.2, 0.25) is 0 Å². The smallest absolute Gasteiger partial charge is 0.303 e. The number of carbonyl (C=O) groups excluding carboxylic acids is 2. The van der Waals surface area contributed by atoms with Gasteiger partial charge in [-0.2, -0.15) is 0 Å². The maximum absolute atomic E-state index is 12.3. The van der Waals surface area contributed by atoms with Crippen molar-refractivity contribution in [3.63, 3.8) is 0 Å². The van der Waals surface area contributed by atoms with Crippen LogP contribution in [0.1, 0.15) is 67.7 Å². The molecule has 272 valence electrons. The molecule has 4 rings (SSSR count). The van der Waals surface area contributed by atoms with Gasteiger partial charge in [-0.25, -0.2) is 0 Å². The topological polar surface area (TPSA) is 170 Å². The van der Waals surface area contributed by atoms with Gasteiger partial charge >= 0.3 is 11.9 Å². The van der Waals surface area contributed by atoms with E-state index >= 15 is 0 Å². The number of carbonyl (C=O) groups is 2. The van der Waals surface area contributed by atoms with Crippen molar-refractivity contribution in [3.8, 4) is 0 Å². The van der Waals surface area contributed by atoms with Gasteiger partial charge in [0.15, 0.2) is 12.4 Å². The van der Waals surface area contributed by atoms with Crippen LogP contribution in [0.4, 0.5) is 0 Å². The Kier molecular flexibility index (Phi) is 12.4. The van der Waals surface area contributed by atoms with Crippen LogP contribution in [0.5, 0.6) is 0 Å². The molecule has 1 saturated carbocycles. The molecule has 0 amide bonds. The van der Waals surface area contributed by atoms with E-state index in [1.165, 1.54) is 13.8 Å². The Bertz CT molecular complexity index is 1240. The number of rotatable bonds is 12. The van der Waals surface area contributed by atoms with Crippen LogP contribution in [0.3, 0.4) is 0 Å².